The highest BCUT2D eigenvalue weighted by atomic mass is 35.5. The maximum atomic E-state index is 13.0. The number of anilines is 1. The summed E-state index contributed by atoms with van der Waals surface area (Å²) in [7, 11) is 1.67. The lowest BCUT2D eigenvalue weighted by molar-refractivity contribution is 0.0746. The summed E-state index contributed by atoms with van der Waals surface area (Å²) in [5, 5.41) is 4.91. The van der Waals surface area contributed by atoms with E-state index in [-0.39, 0.29) is 5.91 Å². The Balaban J connectivity index is 1.69. The van der Waals surface area contributed by atoms with Crippen LogP contribution in [0.5, 0.6) is 5.75 Å². The van der Waals surface area contributed by atoms with E-state index in [1.54, 1.807) is 11.8 Å². The van der Waals surface area contributed by atoms with Crippen molar-refractivity contribution in [2.24, 2.45) is 5.92 Å². The number of ether oxygens (including phenoxy) is 1. The van der Waals surface area contributed by atoms with Crippen LogP contribution in [0.1, 0.15) is 29.9 Å². The highest BCUT2D eigenvalue weighted by Crippen LogP contribution is 2.25. The fraction of sp³-hybridized carbons (Fsp3) is 0.500. The van der Waals surface area contributed by atoms with E-state index in [4.69, 9.17) is 16.3 Å². The van der Waals surface area contributed by atoms with Crippen molar-refractivity contribution in [2.45, 2.75) is 27.3 Å². The Morgan fingerprint density at radius 1 is 1.26 bits per heavy atom. The molecule has 1 aliphatic rings. The van der Waals surface area contributed by atoms with Gasteiger partial charge >= 0.3 is 0 Å². The minimum Gasteiger partial charge on any atom is -0.497 e. The molecule has 0 N–H and O–H groups in total. The summed E-state index contributed by atoms with van der Waals surface area (Å²) in [5.41, 5.74) is 2.34. The number of benzene rings is 1. The zero-order valence-corrected chi connectivity index (χ0v) is 17.2. The fourth-order valence-electron chi connectivity index (χ4n) is 3.40. The summed E-state index contributed by atoms with van der Waals surface area (Å²) in [4.78, 5) is 17.2. The van der Waals surface area contributed by atoms with E-state index in [9.17, 15) is 4.79 Å². The molecule has 1 amide bonds. The van der Waals surface area contributed by atoms with Gasteiger partial charge in [-0.25, -0.2) is 0 Å². The molecule has 0 radical (unpaired) electrons. The summed E-state index contributed by atoms with van der Waals surface area (Å²) < 4.78 is 7.04. The van der Waals surface area contributed by atoms with Crippen LogP contribution in [0.3, 0.4) is 0 Å². The second-order valence-electron chi connectivity index (χ2n) is 7.31. The molecule has 0 aliphatic carbocycles. The second kappa shape index (κ2) is 8.21. The lowest BCUT2D eigenvalue weighted by Crippen LogP contribution is -2.49. The van der Waals surface area contributed by atoms with Crippen molar-refractivity contribution in [2.75, 3.05) is 38.2 Å². The van der Waals surface area contributed by atoms with E-state index in [1.165, 1.54) is 0 Å². The minimum absolute atomic E-state index is 0.0298. The molecule has 2 heterocycles. The third kappa shape index (κ3) is 4.21. The van der Waals surface area contributed by atoms with Gasteiger partial charge in [-0.3, -0.25) is 9.48 Å². The molecule has 7 heteroatoms. The predicted octanol–water partition coefficient (Wildman–Crippen LogP) is 3.47. The second-order valence-corrected chi connectivity index (χ2v) is 7.67. The number of aromatic nitrogens is 2. The average molecular weight is 391 g/mol. The molecule has 1 aromatic carbocycles. The zero-order chi connectivity index (χ0) is 19.6. The van der Waals surface area contributed by atoms with Crippen LogP contribution in [-0.2, 0) is 6.54 Å². The maximum Gasteiger partial charge on any atom is 0.259 e. The van der Waals surface area contributed by atoms with Crippen molar-refractivity contribution in [3.8, 4) is 5.75 Å². The van der Waals surface area contributed by atoms with Gasteiger partial charge in [0.2, 0.25) is 0 Å². The van der Waals surface area contributed by atoms with Gasteiger partial charge in [-0.15, -0.1) is 0 Å². The Bertz CT molecular complexity index is 810. The number of carbonyl (C=O) groups excluding carboxylic acids is 1. The highest BCUT2D eigenvalue weighted by molar-refractivity contribution is 6.33. The first kappa shape index (κ1) is 19.5. The van der Waals surface area contributed by atoms with Crippen LogP contribution < -0.4 is 9.64 Å². The minimum atomic E-state index is -0.0298. The van der Waals surface area contributed by atoms with Gasteiger partial charge in [0.05, 0.1) is 18.4 Å². The molecule has 1 saturated heterocycles. The molecule has 0 spiro atoms. The molecule has 0 saturated carbocycles. The standard InChI is InChI=1S/C20H27ClN4O2/c1-14(2)13-25-19(21)18(15(3)22-25)20(26)24-10-8-23(9-11-24)16-6-5-7-17(12-16)27-4/h5-7,12,14H,8-11,13H2,1-4H3. The quantitative estimate of drug-likeness (QED) is 0.784. The van der Waals surface area contributed by atoms with E-state index < -0.39 is 0 Å². The molecule has 3 rings (SSSR count). The van der Waals surface area contributed by atoms with E-state index >= 15 is 0 Å². The fourth-order valence-corrected chi connectivity index (χ4v) is 3.72. The van der Waals surface area contributed by atoms with Crippen molar-refractivity contribution in [1.82, 2.24) is 14.7 Å². The topological polar surface area (TPSA) is 50.6 Å². The lowest BCUT2D eigenvalue weighted by atomic mass is 10.2. The number of carbonyl (C=O) groups is 1. The summed E-state index contributed by atoms with van der Waals surface area (Å²) in [6.45, 7) is 9.62. The molecule has 6 nitrogen and oxygen atoms in total. The van der Waals surface area contributed by atoms with Crippen molar-refractivity contribution in [3.63, 3.8) is 0 Å². The molecular formula is C20H27ClN4O2. The molecular weight excluding hydrogens is 364 g/mol. The monoisotopic (exact) mass is 390 g/mol. The van der Waals surface area contributed by atoms with Crippen molar-refractivity contribution < 1.29 is 9.53 Å². The predicted molar refractivity (Wildman–Crippen MR) is 108 cm³/mol. The van der Waals surface area contributed by atoms with E-state index in [0.717, 1.165) is 24.5 Å². The largest absolute Gasteiger partial charge is 0.497 e. The molecule has 2 aromatic rings. The van der Waals surface area contributed by atoms with E-state index in [1.807, 2.05) is 30.0 Å². The van der Waals surface area contributed by atoms with Crippen LogP contribution in [-0.4, -0.2) is 53.9 Å². The van der Waals surface area contributed by atoms with Crippen LogP contribution in [0, 0.1) is 12.8 Å². The van der Waals surface area contributed by atoms with Crippen molar-refractivity contribution in [1.29, 1.82) is 0 Å². The summed E-state index contributed by atoms with van der Waals surface area (Å²) >= 11 is 6.47. The summed E-state index contributed by atoms with van der Waals surface area (Å²) in [6, 6.07) is 8.01. The Morgan fingerprint density at radius 2 is 1.96 bits per heavy atom. The Labute approximate surface area is 165 Å². The van der Waals surface area contributed by atoms with Crippen LogP contribution in [0.2, 0.25) is 5.15 Å². The van der Waals surface area contributed by atoms with Crippen LogP contribution in [0.25, 0.3) is 0 Å². The number of methoxy groups -OCH3 is 1. The van der Waals surface area contributed by atoms with Gasteiger partial charge in [-0.05, 0) is 25.0 Å². The number of piperazine rings is 1. The van der Waals surface area contributed by atoms with Crippen LogP contribution in [0.15, 0.2) is 24.3 Å². The molecule has 0 bridgehead atoms. The summed E-state index contributed by atoms with van der Waals surface area (Å²) in [5.74, 6) is 1.22. The first-order chi connectivity index (χ1) is 12.9. The smallest absolute Gasteiger partial charge is 0.259 e. The number of hydrogen-bond donors (Lipinski definition) is 0. The normalized spacial score (nSPS) is 14.7. The van der Waals surface area contributed by atoms with Gasteiger partial charge in [0.1, 0.15) is 10.9 Å². The van der Waals surface area contributed by atoms with Gasteiger partial charge in [0.15, 0.2) is 0 Å². The molecule has 146 valence electrons. The third-order valence-corrected chi connectivity index (χ3v) is 5.19. The number of rotatable bonds is 5. The third-order valence-electron chi connectivity index (χ3n) is 4.80. The average Bonchev–Trinajstić information content (AvgIpc) is 2.94. The zero-order valence-electron chi connectivity index (χ0n) is 16.4. The van der Waals surface area contributed by atoms with Crippen LogP contribution >= 0.6 is 11.6 Å². The highest BCUT2D eigenvalue weighted by Gasteiger charge is 2.28. The number of amides is 1. The Kier molecular flexibility index (Phi) is 5.95. The Hall–Kier alpha value is -2.21. The number of aryl methyl sites for hydroxylation is 1. The van der Waals surface area contributed by atoms with E-state index in [0.29, 0.717) is 42.0 Å². The molecule has 0 unspecified atom stereocenters. The van der Waals surface area contributed by atoms with Gasteiger partial charge in [-0.2, -0.15) is 5.10 Å². The summed E-state index contributed by atoms with van der Waals surface area (Å²) in [6.07, 6.45) is 0. The lowest BCUT2D eigenvalue weighted by Gasteiger charge is -2.36. The van der Waals surface area contributed by atoms with Gasteiger partial charge < -0.3 is 14.5 Å². The van der Waals surface area contributed by atoms with Gasteiger partial charge in [0, 0.05) is 44.5 Å². The first-order valence-corrected chi connectivity index (χ1v) is 9.69. The number of hydrogen-bond acceptors (Lipinski definition) is 4. The maximum absolute atomic E-state index is 13.0. The Morgan fingerprint density at radius 3 is 2.59 bits per heavy atom. The molecule has 1 aliphatic heterocycles. The SMILES string of the molecule is COc1cccc(N2CCN(C(=O)c3c(C)nn(CC(C)C)c3Cl)CC2)c1. The van der Waals surface area contributed by atoms with Crippen LogP contribution in [0.4, 0.5) is 5.69 Å². The first-order valence-electron chi connectivity index (χ1n) is 9.32. The van der Waals surface area contributed by atoms with Crippen molar-refractivity contribution in [3.05, 3.63) is 40.7 Å². The van der Waals surface area contributed by atoms with Crippen molar-refractivity contribution >= 4 is 23.2 Å². The number of nitrogens with zero attached hydrogens (tertiary/aromatic N) is 4. The number of halogens is 1. The molecule has 1 fully saturated rings. The van der Waals surface area contributed by atoms with Gasteiger partial charge in [-0.1, -0.05) is 31.5 Å². The van der Waals surface area contributed by atoms with E-state index in [2.05, 4.69) is 29.9 Å². The molecule has 1 aromatic heterocycles. The van der Waals surface area contributed by atoms with Gasteiger partial charge in [0.25, 0.3) is 5.91 Å². The molecule has 0 atom stereocenters. The molecule has 27 heavy (non-hydrogen) atoms.